The number of aryl methyl sites for hydroxylation is 3. The zero-order chi connectivity index (χ0) is 12.7. The smallest absolute Gasteiger partial charge is 0.153 e. The molecule has 1 atom stereocenters. The van der Waals surface area contributed by atoms with E-state index in [0.29, 0.717) is 4.60 Å². The van der Waals surface area contributed by atoms with Gasteiger partial charge in [-0.15, -0.1) is 5.10 Å². The number of aromatic nitrogens is 3. The minimum Gasteiger partial charge on any atom is -0.466 e. The third-order valence-corrected chi connectivity index (χ3v) is 3.61. The maximum atomic E-state index is 6.29. The Morgan fingerprint density at radius 2 is 1.94 bits per heavy atom. The van der Waals surface area contributed by atoms with Gasteiger partial charge in [0, 0.05) is 12.6 Å². The maximum Gasteiger partial charge on any atom is 0.153 e. The second-order valence-electron chi connectivity index (χ2n) is 4.12. The lowest BCUT2D eigenvalue weighted by atomic mass is 10.0. The van der Waals surface area contributed by atoms with E-state index in [0.717, 1.165) is 28.3 Å². The second-order valence-corrected chi connectivity index (χ2v) is 4.87. The Labute approximate surface area is 108 Å². The normalized spacial score (nSPS) is 13.1. The van der Waals surface area contributed by atoms with Crippen LogP contribution < -0.4 is 5.73 Å². The Hall–Kier alpha value is -1.14. The highest BCUT2D eigenvalue weighted by Crippen LogP contribution is 2.31. The van der Waals surface area contributed by atoms with E-state index in [2.05, 4.69) is 26.2 Å². The van der Waals surface area contributed by atoms with Gasteiger partial charge in [0.1, 0.15) is 11.5 Å². The lowest BCUT2D eigenvalue weighted by Crippen LogP contribution is -2.17. The van der Waals surface area contributed by atoms with Gasteiger partial charge in [0.05, 0.1) is 11.7 Å². The van der Waals surface area contributed by atoms with Crippen molar-refractivity contribution in [2.45, 2.75) is 26.8 Å². The summed E-state index contributed by atoms with van der Waals surface area (Å²) >= 11 is 3.37. The van der Waals surface area contributed by atoms with Gasteiger partial charge in [0.25, 0.3) is 0 Å². The van der Waals surface area contributed by atoms with Crippen molar-refractivity contribution in [2.75, 3.05) is 0 Å². The van der Waals surface area contributed by atoms with Crippen molar-refractivity contribution in [3.8, 4) is 0 Å². The number of rotatable bonds is 2. The third kappa shape index (κ3) is 1.91. The SMILES string of the molecule is Cc1oc(C)c(C(N)c2c(Br)nnn2C)c1C. The summed E-state index contributed by atoms with van der Waals surface area (Å²) in [5.41, 5.74) is 9.23. The van der Waals surface area contributed by atoms with Crippen molar-refractivity contribution in [1.29, 1.82) is 0 Å². The van der Waals surface area contributed by atoms with Crippen LogP contribution in [0.1, 0.15) is 34.4 Å². The molecule has 0 fully saturated rings. The van der Waals surface area contributed by atoms with E-state index >= 15 is 0 Å². The first-order valence-electron chi connectivity index (χ1n) is 5.30. The van der Waals surface area contributed by atoms with Crippen LogP contribution in [0, 0.1) is 20.8 Å². The van der Waals surface area contributed by atoms with Crippen LogP contribution in [0.25, 0.3) is 0 Å². The van der Waals surface area contributed by atoms with Gasteiger partial charge in [-0.2, -0.15) is 0 Å². The second kappa shape index (κ2) is 4.27. The van der Waals surface area contributed by atoms with Crippen molar-refractivity contribution in [3.05, 3.63) is 32.9 Å². The summed E-state index contributed by atoms with van der Waals surface area (Å²) in [7, 11) is 1.82. The largest absolute Gasteiger partial charge is 0.466 e. The number of halogens is 1. The lowest BCUT2D eigenvalue weighted by molar-refractivity contribution is 0.497. The van der Waals surface area contributed by atoms with Gasteiger partial charge in [0.15, 0.2) is 4.60 Å². The topological polar surface area (TPSA) is 69.9 Å². The fourth-order valence-corrected chi connectivity index (χ4v) is 2.65. The van der Waals surface area contributed by atoms with E-state index in [9.17, 15) is 0 Å². The first-order chi connectivity index (χ1) is 7.93. The summed E-state index contributed by atoms with van der Waals surface area (Å²) < 4.78 is 7.95. The molecule has 92 valence electrons. The van der Waals surface area contributed by atoms with Crippen LogP contribution in [0.3, 0.4) is 0 Å². The van der Waals surface area contributed by atoms with Crippen LogP contribution in [-0.2, 0) is 7.05 Å². The highest BCUT2D eigenvalue weighted by Gasteiger charge is 2.24. The molecule has 6 heteroatoms. The predicted molar refractivity (Wildman–Crippen MR) is 67.7 cm³/mol. The van der Waals surface area contributed by atoms with E-state index in [1.54, 1.807) is 4.68 Å². The Morgan fingerprint density at radius 1 is 1.29 bits per heavy atom. The lowest BCUT2D eigenvalue weighted by Gasteiger charge is -2.12. The molecule has 0 aromatic carbocycles. The van der Waals surface area contributed by atoms with Gasteiger partial charge in [-0.25, -0.2) is 4.68 Å². The van der Waals surface area contributed by atoms with Crippen LogP contribution in [0.5, 0.6) is 0 Å². The molecule has 2 aromatic rings. The number of nitrogens with two attached hydrogens (primary N) is 1. The van der Waals surface area contributed by atoms with Gasteiger partial charge in [-0.3, -0.25) is 0 Å². The number of furan rings is 1. The minimum atomic E-state index is -0.290. The number of nitrogens with zero attached hydrogens (tertiary/aromatic N) is 3. The summed E-state index contributed by atoms with van der Waals surface area (Å²) in [5.74, 6) is 1.75. The van der Waals surface area contributed by atoms with E-state index in [-0.39, 0.29) is 6.04 Å². The molecule has 0 saturated carbocycles. The van der Waals surface area contributed by atoms with Gasteiger partial charge in [-0.1, -0.05) is 5.21 Å². The number of hydrogen-bond acceptors (Lipinski definition) is 4. The van der Waals surface area contributed by atoms with Crippen LogP contribution in [0.4, 0.5) is 0 Å². The van der Waals surface area contributed by atoms with Crippen LogP contribution >= 0.6 is 15.9 Å². The molecule has 0 radical (unpaired) electrons. The van der Waals surface area contributed by atoms with Gasteiger partial charge in [0.2, 0.25) is 0 Å². The zero-order valence-electron chi connectivity index (χ0n) is 10.3. The molecule has 0 aliphatic rings. The maximum absolute atomic E-state index is 6.29. The average Bonchev–Trinajstić information content (AvgIpc) is 2.69. The first-order valence-corrected chi connectivity index (χ1v) is 6.10. The molecule has 0 amide bonds. The van der Waals surface area contributed by atoms with E-state index in [4.69, 9.17) is 10.2 Å². The molecule has 0 aliphatic carbocycles. The van der Waals surface area contributed by atoms with Crippen LogP contribution in [0.2, 0.25) is 0 Å². The monoisotopic (exact) mass is 298 g/mol. The predicted octanol–water partition coefficient (Wildman–Crippen LogP) is 2.14. The van der Waals surface area contributed by atoms with Gasteiger partial charge >= 0.3 is 0 Å². The summed E-state index contributed by atoms with van der Waals surface area (Å²) in [4.78, 5) is 0. The fraction of sp³-hybridized carbons (Fsp3) is 0.455. The van der Waals surface area contributed by atoms with Crippen molar-refractivity contribution < 1.29 is 4.42 Å². The molecular formula is C11H15BrN4O. The first kappa shape index (κ1) is 12.3. The van der Waals surface area contributed by atoms with Crippen LogP contribution in [0.15, 0.2) is 9.02 Å². The zero-order valence-corrected chi connectivity index (χ0v) is 11.9. The highest BCUT2D eigenvalue weighted by atomic mass is 79.9. The molecular weight excluding hydrogens is 284 g/mol. The molecule has 1 unspecified atom stereocenters. The van der Waals surface area contributed by atoms with Gasteiger partial charge in [-0.05, 0) is 42.3 Å². The minimum absolute atomic E-state index is 0.290. The fourth-order valence-electron chi connectivity index (χ4n) is 2.07. The molecule has 0 bridgehead atoms. The van der Waals surface area contributed by atoms with Crippen molar-refractivity contribution in [1.82, 2.24) is 15.0 Å². The summed E-state index contributed by atoms with van der Waals surface area (Å²) in [6.07, 6.45) is 0. The van der Waals surface area contributed by atoms with Crippen molar-refractivity contribution >= 4 is 15.9 Å². The number of hydrogen-bond donors (Lipinski definition) is 1. The Morgan fingerprint density at radius 3 is 2.35 bits per heavy atom. The molecule has 0 saturated heterocycles. The third-order valence-electron chi connectivity index (χ3n) is 3.05. The quantitative estimate of drug-likeness (QED) is 0.922. The highest BCUT2D eigenvalue weighted by molar-refractivity contribution is 9.10. The molecule has 2 N–H and O–H groups in total. The Bertz CT molecular complexity index is 539. The Kier molecular flexibility index (Phi) is 3.09. The summed E-state index contributed by atoms with van der Waals surface area (Å²) in [5, 5.41) is 7.89. The molecule has 0 aliphatic heterocycles. The average molecular weight is 299 g/mol. The van der Waals surface area contributed by atoms with Crippen molar-refractivity contribution in [3.63, 3.8) is 0 Å². The van der Waals surface area contributed by atoms with E-state index in [1.165, 1.54) is 0 Å². The summed E-state index contributed by atoms with van der Waals surface area (Å²) in [6.45, 7) is 5.88. The van der Waals surface area contributed by atoms with Crippen LogP contribution in [-0.4, -0.2) is 15.0 Å². The van der Waals surface area contributed by atoms with E-state index < -0.39 is 0 Å². The molecule has 17 heavy (non-hydrogen) atoms. The van der Waals surface area contributed by atoms with Gasteiger partial charge < -0.3 is 10.2 Å². The van der Waals surface area contributed by atoms with Crippen molar-refractivity contribution in [2.24, 2.45) is 12.8 Å². The molecule has 5 nitrogen and oxygen atoms in total. The molecule has 2 rings (SSSR count). The summed E-state index contributed by atoms with van der Waals surface area (Å²) in [6, 6.07) is -0.290. The molecule has 2 aromatic heterocycles. The molecule has 0 spiro atoms. The Balaban J connectivity index is 2.54. The standard InChI is InChI=1S/C11H15BrN4O/c1-5-6(2)17-7(3)8(5)9(13)10-11(12)14-15-16(10)4/h9H,13H2,1-4H3. The van der Waals surface area contributed by atoms with E-state index in [1.807, 2.05) is 27.8 Å². The molecule has 2 heterocycles.